The van der Waals surface area contributed by atoms with Crippen molar-refractivity contribution in [3.63, 3.8) is 0 Å². The van der Waals surface area contributed by atoms with Crippen LogP contribution in [0.2, 0.25) is 0 Å². The molecule has 3 N–H and O–H groups in total. The number of nitrogen functional groups attached to an aromatic ring is 1. The smallest absolute Gasteiger partial charge is 0.448 e. The van der Waals surface area contributed by atoms with Gasteiger partial charge in [0.2, 0.25) is 0 Å². The maximum absolute atomic E-state index is 10.8. The predicted octanol–water partition coefficient (Wildman–Crippen LogP) is 2.93. The van der Waals surface area contributed by atoms with E-state index in [0.29, 0.717) is 18.9 Å². The third kappa shape index (κ3) is 2.95. The number of nitrogens with two attached hydrogens (primary N) is 1. The molecule has 134 valence electrons. The van der Waals surface area contributed by atoms with E-state index in [0.717, 1.165) is 35.0 Å². The van der Waals surface area contributed by atoms with Gasteiger partial charge in [0.25, 0.3) is 0 Å². The lowest BCUT2D eigenvalue weighted by molar-refractivity contribution is -0.137. The van der Waals surface area contributed by atoms with Crippen molar-refractivity contribution < 1.29 is 14.7 Å². The van der Waals surface area contributed by atoms with Crippen LogP contribution < -0.4 is 5.73 Å². The summed E-state index contributed by atoms with van der Waals surface area (Å²) < 4.78 is 2.06. The Balaban J connectivity index is 1.79. The van der Waals surface area contributed by atoms with Gasteiger partial charge >= 0.3 is 6.16 Å². The molecule has 0 saturated carbocycles. The fourth-order valence-electron chi connectivity index (χ4n) is 3.56. The molecule has 3 heterocycles. The third-order valence-corrected chi connectivity index (χ3v) is 4.68. The number of hydroxylamine groups is 2. The Bertz CT molecular complexity index is 941. The number of fused-ring (bicyclic) bond motifs is 1. The molecule has 26 heavy (non-hydrogen) atoms. The average molecular weight is 353 g/mol. The molecular formula is C18H19N5O3. The minimum Gasteiger partial charge on any atom is -0.448 e. The van der Waals surface area contributed by atoms with E-state index in [-0.39, 0.29) is 6.04 Å². The molecule has 0 aliphatic carbocycles. The van der Waals surface area contributed by atoms with Gasteiger partial charge in [0.05, 0.1) is 18.0 Å². The third-order valence-electron chi connectivity index (χ3n) is 4.68. The molecule has 0 radical (unpaired) electrons. The first-order chi connectivity index (χ1) is 12.6. The number of hydrogen-bond acceptors (Lipinski definition) is 6. The molecule has 0 spiro atoms. The molecule has 2 aromatic heterocycles. The molecular weight excluding hydrogens is 334 g/mol. The van der Waals surface area contributed by atoms with Gasteiger partial charge in [-0.05, 0) is 18.4 Å². The summed E-state index contributed by atoms with van der Waals surface area (Å²) in [6.07, 6.45) is 3.93. The van der Waals surface area contributed by atoms with Crippen molar-refractivity contribution in [1.82, 2.24) is 19.6 Å². The summed E-state index contributed by atoms with van der Waals surface area (Å²) in [6, 6.07) is 9.99. The van der Waals surface area contributed by atoms with Gasteiger partial charge in [0, 0.05) is 18.3 Å². The Morgan fingerprint density at radius 3 is 2.85 bits per heavy atom. The fourth-order valence-corrected chi connectivity index (χ4v) is 3.56. The number of piperidine rings is 1. The summed E-state index contributed by atoms with van der Waals surface area (Å²) in [7, 11) is 0. The highest BCUT2D eigenvalue weighted by atomic mass is 16.8. The highest BCUT2D eigenvalue weighted by Crippen LogP contribution is 2.36. The summed E-state index contributed by atoms with van der Waals surface area (Å²) in [5, 5.41) is 11.2. The Labute approximate surface area is 149 Å². The van der Waals surface area contributed by atoms with Crippen LogP contribution in [-0.4, -0.2) is 43.9 Å². The number of anilines is 1. The van der Waals surface area contributed by atoms with E-state index >= 15 is 0 Å². The van der Waals surface area contributed by atoms with Crippen LogP contribution in [0.3, 0.4) is 0 Å². The van der Waals surface area contributed by atoms with E-state index < -0.39 is 6.16 Å². The number of nitrogens with zero attached hydrogens (tertiary/aromatic N) is 4. The zero-order valence-electron chi connectivity index (χ0n) is 14.1. The molecule has 1 saturated heterocycles. The van der Waals surface area contributed by atoms with Gasteiger partial charge in [0.15, 0.2) is 0 Å². The second kappa shape index (κ2) is 6.64. The molecule has 3 aromatic rings. The van der Waals surface area contributed by atoms with E-state index in [1.165, 1.54) is 11.4 Å². The topological polar surface area (TPSA) is 107 Å². The number of aromatic nitrogens is 3. The maximum Gasteiger partial charge on any atom is 0.525 e. The van der Waals surface area contributed by atoms with Crippen molar-refractivity contribution in [3.05, 3.63) is 42.9 Å². The second-order valence-electron chi connectivity index (χ2n) is 6.31. The normalized spacial score (nSPS) is 18.1. The zero-order chi connectivity index (χ0) is 18.1. The first kappa shape index (κ1) is 16.3. The lowest BCUT2D eigenvalue weighted by Gasteiger charge is -2.31. The van der Waals surface area contributed by atoms with Crippen LogP contribution in [0, 0.1) is 0 Å². The van der Waals surface area contributed by atoms with Crippen LogP contribution in [-0.2, 0) is 4.84 Å². The first-order valence-electron chi connectivity index (χ1n) is 8.46. The van der Waals surface area contributed by atoms with Crippen molar-refractivity contribution in [2.45, 2.75) is 18.9 Å². The zero-order valence-corrected chi connectivity index (χ0v) is 14.1. The minimum atomic E-state index is -1.29. The summed E-state index contributed by atoms with van der Waals surface area (Å²) in [5.41, 5.74) is 8.90. The molecule has 1 fully saturated rings. The molecule has 8 nitrogen and oxygen atoms in total. The molecule has 8 heteroatoms. The Hall–Kier alpha value is -3.13. The summed E-state index contributed by atoms with van der Waals surface area (Å²) in [5.74, 6) is 0.432. The summed E-state index contributed by atoms with van der Waals surface area (Å²) >= 11 is 0. The van der Waals surface area contributed by atoms with E-state index in [1.807, 2.05) is 36.5 Å². The minimum absolute atomic E-state index is 0.0392. The lowest BCUT2D eigenvalue weighted by atomic mass is 10.1. The van der Waals surface area contributed by atoms with E-state index in [2.05, 4.69) is 14.5 Å². The molecule has 1 unspecified atom stereocenters. The fraction of sp³-hybridized carbons (Fsp3) is 0.278. The quantitative estimate of drug-likeness (QED) is 0.745. The van der Waals surface area contributed by atoms with Crippen molar-refractivity contribution in [2.75, 3.05) is 18.8 Å². The largest absolute Gasteiger partial charge is 0.525 e. The van der Waals surface area contributed by atoms with Crippen molar-refractivity contribution in [3.8, 4) is 11.1 Å². The van der Waals surface area contributed by atoms with Gasteiger partial charge in [-0.2, -0.15) is 0 Å². The van der Waals surface area contributed by atoms with Crippen LogP contribution in [0.4, 0.5) is 10.6 Å². The van der Waals surface area contributed by atoms with E-state index in [4.69, 9.17) is 15.7 Å². The van der Waals surface area contributed by atoms with Gasteiger partial charge < -0.3 is 20.2 Å². The number of carboxylic acid groups (broad SMARTS) is 1. The van der Waals surface area contributed by atoms with Gasteiger partial charge in [0.1, 0.15) is 17.8 Å². The van der Waals surface area contributed by atoms with Gasteiger partial charge in [-0.15, -0.1) is 5.06 Å². The van der Waals surface area contributed by atoms with Crippen molar-refractivity contribution >= 4 is 23.0 Å². The standard InChI is InChI=1S/C18H19N5O3/c19-16-15-14(12-5-2-1-3-6-12)10-23(17(15)21-11-20-16)13-7-4-8-22(9-13)26-18(24)25/h1-3,5-6,10-11,13H,4,7-9H2,(H,24,25)(H2,19,20,21). The number of rotatable bonds is 3. The van der Waals surface area contributed by atoms with E-state index in [1.54, 1.807) is 0 Å². The summed E-state index contributed by atoms with van der Waals surface area (Å²) in [6.45, 7) is 1.05. The Morgan fingerprint density at radius 2 is 2.08 bits per heavy atom. The van der Waals surface area contributed by atoms with Crippen molar-refractivity contribution in [2.24, 2.45) is 0 Å². The molecule has 1 aliphatic rings. The highest BCUT2D eigenvalue weighted by molar-refractivity contribution is 6.00. The van der Waals surface area contributed by atoms with Crippen LogP contribution in [0.1, 0.15) is 18.9 Å². The SMILES string of the molecule is Nc1ncnc2c1c(-c1ccccc1)cn2C1CCCN(OC(=O)O)C1. The Kier molecular flexibility index (Phi) is 4.18. The lowest BCUT2D eigenvalue weighted by Crippen LogP contribution is -2.37. The van der Waals surface area contributed by atoms with Gasteiger partial charge in [-0.1, -0.05) is 30.3 Å². The average Bonchev–Trinajstić information content (AvgIpc) is 3.03. The number of benzene rings is 1. The molecule has 1 aliphatic heterocycles. The Morgan fingerprint density at radius 1 is 1.27 bits per heavy atom. The van der Waals surface area contributed by atoms with Crippen LogP contribution >= 0.6 is 0 Å². The van der Waals surface area contributed by atoms with E-state index in [9.17, 15) is 4.79 Å². The molecule has 1 atom stereocenters. The predicted molar refractivity (Wildman–Crippen MR) is 96.3 cm³/mol. The van der Waals surface area contributed by atoms with Crippen LogP contribution in [0.5, 0.6) is 0 Å². The first-order valence-corrected chi connectivity index (χ1v) is 8.46. The molecule has 0 bridgehead atoms. The van der Waals surface area contributed by atoms with Gasteiger partial charge in [-0.3, -0.25) is 0 Å². The molecule has 0 amide bonds. The number of hydrogen-bond donors (Lipinski definition) is 2. The van der Waals surface area contributed by atoms with Crippen LogP contribution in [0.25, 0.3) is 22.2 Å². The van der Waals surface area contributed by atoms with Crippen molar-refractivity contribution in [1.29, 1.82) is 0 Å². The highest BCUT2D eigenvalue weighted by Gasteiger charge is 2.27. The van der Waals surface area contributed by atoms with Crippen LogP contribution in [0.15, 0.2) is 42.9 Å². The second-order valence-corrected chi connectivity index (χ2v) is 6.31. The van der Waals surface area contributed by atoms with Gasteiger partial charge in [-0.25, -0.2) is 14.8 Å². The molecule has 1 aromatic carbocycles. The summed E-state index contributed by atoms with van der Waals surface area (Å²) in [4.78, 5) is 24.3. The molecule has 4 rings (SSSR count). The number of carbonyl (C=O) groups is 1. The maximum atomic E-state index is 10.8. The monoisotopic (exact) mass is 353 g/mol.